The van der Waals surface area contributed by atoms with Crippen LogP contribution < -0.4 is 10.6 Å². The van der Waals surface area contributed by atoms with Gasteiger partial charge in [0.25, 0.3) is 0 Å². The van der Waals surface area contributed by atoms with Crippen molar-refractivity contribution in [3.05, 3.63) is 52.6 Å². The van der Waals surface area contributed by atoms with Crippen molar-refractivity contribution in [1.29, 1.82) is 0 Å². The predicted octanol–water partition coefficient (Wildman–Crippen LogP) is 5.37. The number of aryl methyl sites for hydroxylation is 2. The fourth-order valence-electron chi connectivity index (χ4n) is 2.96. The molecule has 1 N–H and O–H groups in total. The first-order valence-electron chi connectivity index (χ1n) is 8.81. The van der Waals surface area contributed by atoms with Crippen molar-refractivity contribution in [1.82, 2.24) is 4.90 Å². The molecule has 0 fully saturated rings. The van der Waals surface area contributed by atoms with Crippen LogP contribution in [0.25, 0.3) is 0 Å². The van der Waals surface area contributed by atoms with E-state index in [1.807, 2.05) is 0 Å². The van der Waals surface area contributed by atoms with Crippen LogP contribution in [0.3, 0.4) is 0 Å². The molecule has 27 heavy (non-hydrogen) atoms. The number of aromatic hydroxyl groups is 1. The number of nitrogens with zero attached hydrogens (tertiary/aromatic N) is 1. The zero-order chi connectivity index (χ0) is 20.8. The molecule has 6 heteroatoms. The van der Waals surface area contributed by atoms with Crippen LogP contribution in [0.5, 0.6) is 5.75 Å². The molecular weight excluding hydrogens is 432 g/mol. The third-order valence-corrected chi connectivity index (χ3v) is 5.78. The van der Waals surface area contributed by atoms with Crippen LogP contribution in [0, 0.1) is 13.8 Å². The first kappa shape index (κ1) is 25.0. The molecule has 1 unspecified atom stereocenters. The van der Waals surface area contributed by atoms with Crippen LogP contribution in [0.15, 0.2) is 30.3 Å². The predicted molar refractivity (Wildman–Crippen MR) is 119 cm³/mol. The van der Waals surface area contributed by atoms with Gasteiger partial charge in [0.05, 0.1) is 0 Å². The second kappa shape index (κ2) is 11.2. The maximum absolute atomic E-state index is 10.9. The SMILES string of the molecule is Cc1cc(Pc2c(C)cccc2CN(C)C)c(O)c(C(C)(C)C)c1.[Cl][Ti][Cl]. The van der Waals surface area contributed by atoms with E-state index in [9.17, 15) is 5.11 Å². The first-order chi connectivity index (χ1) is 12.5. The summed E-state index contributed by atoms with van der Waals surface area (Å²) in [6.07, 6.45) is 0. The fraction of sp³-hybridized carbons (Fsp3) is 0.429. The van der Waals surface area contributed by atoms with Gasteiger partial charge in [0.15, 0.2) is 0 Å². The van der Waals surface area contributed by atoms with Crippen molar-refractivity contribution in [3.8, 4) is 5.75 Å². The van der Waals surface area contributed by atoms with E-state index in [1.165, 1.54) is 22.0 Å². The van der Waals surface area contributed by atoms with Gasteiger partial charge in [-0.2, -0.15) is 0 Å². The average molecular weight is 462 g/mol. The first-order valence-corrected chi connectivity index (χ1v) is 14.1. The third kappa shape index (κ3) is 7.69. The monoisotopic (exact) mass is 461 g/mol. The molecule has 0 aliphatic heterocycles. The Hall–Kier alpha value is -0.0757. The van der Waals surface area contributed by atoms with Crippen molar-refractivity contribution in [3.63, 3.8) is 0 Å². The molecule has 0 aliphatic rings. The summed E-state index contributed by atoms with van der Waals surface area (Å²) >= 11 is -0.556. The minimum atomic E-state index is -0.556. The number of benzene rings is 2. The van der Waals surface area contributed by atoms with E-state index >= 15 is 0 Å². The quantitative estimate of drug-likeness (QED) is 0.488. The normalized spacial score (nSPS) is 11.6. The van der Waals surface area contributed by atoms with E-state index in [0.717, 1.165) is 17.4 Å². The van der Waals surface area contributed by atoms with Gasteiger partial charge < -0.3 is 10.0 Å². The molecular formula is C21H30Cl2NOPTi. The molecule has 2 nitrogen and oxygen atoms in total. The van der Waals surface area contributed by atoms with Gasteiger partial charge >= 0.3 is 35.6 Å². The molecule has 0 amide bonds. The molecule has 0 aromatic heterocycles. The van der Waals surface area contributed by atoms with E-state index < -0.39 is 17.0 Å². The van der Waals surface area contributed by atoms with E-state index in [1.54, 1.807) is 0 Å². The summed E-state index contributed by atoms with van der Waals surface area (Å²) in [7, 11) is 14.4. The Morgan fingerprint density at radius 1 is 1.11 bits per heavy atom. The molecule has 0 heterocycles. The molecule has 0 spiro atoms. The molecule has 2 aromatic rings. The molecule has 0 aliphatic carbocycles. The number of hydrogen-bond donors (Lipinski definition) is 1. The van der Waals surface area contributed by atoms with Crippen molar-refractivity contribution in [2.75, 3.05) is 14.1 Å². The van der Waals surface area contributed by atoms with E-state index in [2.05, 4.69) is 83.9 Å². The summed E-state index contributed by atoms with van der Waals surface area (Å²) in [5.41, 5.74) is 4.83. The maximum atomic E-state index is 10.9. The fourth-order valence-corrected chi connectivity index (χ4v) is 4.39. The van der Waals surface area contributed by atoms with Crippen molar-refractivity contribution in [2.45, 2.75) is 46.6 Å². The summed E-state index contributed by atoms with van der Waals surface area (Å²) in [6.45, 7) is 11.7. The van der Waals surface area contributed by atoms with E-state index in [0.29, 0.717) is 14.3 Å². The summed E-state index contributed by atoms with van der Waals surface area (Å²) in [5, 5.41) is 13.3. The van der Waals surface area contributed by atoms with Gasteiger partial charge in [-0.05, 0) is 61.4 Å². The Morgan fingerprint density at radius 2 is 1.70 bits per heavy atom. The Morgan fingerprint density at radius 3 is 2.22 bits per heavy atom. The second-order valence-corrected chi connectivity index (χ2v) is 11.9. The van der Waals surface area contributed by atoms with Gasteiger partial charge in [-0.1, -0.05) is 53.6 Å². The van der Waals surface area contributed by atoms with Crippen molar-refractivity contribution in [2.24, 2.45) is 0 Å². The average Bonchev–Trinajstić information content (AvgIpc) is 2.52. The van der Waals surface area contributed by atoms with Gasteiger partial charge in [0.2, 0.25) is 0 Å². The number of phenols is 1. The molecule has 0 radical (unpaired) electrons. The van der Waals surface area contributed by atoms with Gasteiger partial charge in [0.1, 0.15) is 5.75 Å². The van der Waals surface area contributed by atoms with Crippen LogP contribution in [0.1, 0.15) is 43.0 Å². The standard InChI is InChI=1S/C21H30NOP.2ClH.Ti/c1-14-11-17(21(3,4)5)19(23)18(12-14)24-20-15(2)9-8-10-16(20)13-22(6)7;;;/h8-12,23-24H,13H2,1-7H3;2*1H;/q;;;+2/p-2. The number of hydrogen-bond acceptors (Lipinski definition) is 2. The topological polar surface area (TPSA) is 23.5 Å². The van der Waals surface area contributed by atoms with Crippen molar-refractivity contribution >= 4 is 37.8 Å². The number of rotatable bonds is 4. The van der Waals surface area contributed by atoms with E-state index in [-0.39, 0.29) is 5.41 Å². The Kier molecular flexibility index (Phi) is 10.4. The van der Waals surface area contributed by atoms with Gasteiger partial charge in [0, 0.05) is 17.4 Å². The van der Waals surface area contributed by atoms with E-state index in [4.69, 9.17) is 18.6 Å². The molecule has 2 rings (SSSR count). The Bertz CT molecular complexity index is 761. The van der Waals surface area contributed by atoms with Crippen LogP contribution in [-0.2, 0) is 29.0 Å². The second-order valence-electron chi connectivity index (χ2n) is 8.00. The molecule has 0 saturated carbocycles. The third-order valence-electron chi connectivity index (χ3n) is 4.17. The van der Waals surface area contributed by atoms with Crippen LogP contribution in [-0.4, -0.2) is 24.1 Å². The number of halogens is 2. The number of phenolic OH excluding ortho intramolecular Hbond substituents is 1. The summed E-state index contributed by atoms with van der Waals surface area (Å²) in [6, 6.07) is 10.7. The molecule has 148 valence electrons. The van der Waals surface area contributed by atoms with Crippen LogP contribution in [0.2, 0.25) is 0 Å². The van der Waals surface area contributed by atoms with Crippen LogP contribution in [0.4, 0.5) is 0 Å². The molecule has 2 aromatic carbocycles. The summed E-state index contributed by atoms with van der Waals surface area (Å²) in [4.78, 5) is 2.19. The summed E-state index contributed by atoms with van der Waals surface area (Å²) in [5.74, 6) is 0.463. The zero-order valence-electron chi connectivity index (χ0n) is 17.2. The molecule has 0 bridgehead atoms. The van der Waals surface area contributed by atoms with Gasteiger partial charge in [-0.25, -0.2) is 0 Å². The Labute approximate surface area is 183 Å². The van der Waals surface area contributed by atoms with Gasteiger partial charge in [-0.3, -0.25) is 0 Å². The Balaban J connectivity index is 0.00000114. The summed E-state index contributed by atoms with van der Waals surface area (Å²) < 4.78 is 0. The van der Waals surface area contributed by atoms with Gasteiger partial charge in [-0.15, -0.1) is 0 Å². The molecule has 1 atom stereocenters. The van der Waals surface area contributed by atoms with Crippen LogP contribution >= 0.6 is 27.2 Å². The van der Waals surface area contributed by atoms with Crippen molar-refractivity contribution < 1.29 is 22.1 Å². The zero-order valence-corrected chi connectivity index (χ0v) is 21.3. The molecule has 0 saturated heterocycles. The minimum absolute atomic E-state index is 0.0620.